The summed E-state index contributed by atoms with van der Waals surface area (Å²) in [6.45, 7) is -0.0140. The quantitative estimate of drug-likeness (QED) is 0.688. The minimum absolute atomic E-state index is 0.0140. The van der Waals surface area contributed by atoms with Gasteiger partial charge >= 0.3 is 0 Å². The molecule has 3 rings (SSSR count). The molecule has 0 atom stereocenters. The molecule has 0 heterocycles. The molecule has 2 N–H and O–H groups in total. The Labute approximate surface area is 152 Å². The third kappa shape index (κ3) is 4.62. The topological polar surface area (TPSA) is 75.6 Å². The summed E-state index contributed by atoms with van der Waals surface area (Å²) in [6.07, 6.45) is 1.10. The second kappa shape index (κ2) is 7.59. The lowest BCUT2D eigenvalue weighted by atomic mass is 10.0. The molecule has 3 aromatic rings. The van der Waals surface area contributed by atoms with Gasteiger partial charge in [-0.25, -0.2) is 8.42 Å². The zero-order valence-electron chi connectivity index (χ0n) is 14.2. The first-order valence-electron chi connectivity index (χ1n) is 7.99. The highest BCUT2D eigenvalue weighted by Crippen LogP contribution is 2.34. The van der Waals surface area contributed by atoms with Gasteiger partial charge in [-0.15, -0.1) is 0 Å². The van der Waals surface area contributed by atoms with E-state index < -0.39 is 10.0 Å². The van der Waals surface area contributed by atoms with Crippen molar-refractivity contribution in [1.29, 1.82) is 0 Å². The van der Waals surface area contributed by atoms with E-state index in [1.165, 1.54) is 0 Å². The first kappa shape index (κ1) is 18.0. The average Bonchev–Trinajstić information content (AvgIpc) is 2.63. The van der Waals surface area contributed by atoms with Crippen LogP contribution < -0.4 is 9.46 Å². The van der Waals surface area contributed by atoms with E-state index in [4.69, 9.17) is 9.84 Å². The molecule has 0 saturated heterocycles. The Hall–Kier alpha value is -2.83. The van der Waals surface area contributed by atoms with Crippen LogP contribution in [0.2, 0.25) is 0 Å². The standard InChI is InChI=1S/C20H19NO4S/c1-26(23,24)21-19-12-11-17(16-9-7-15(14-22)8-10-16)13-20(19)25-18-5-3-2-4-6-18/h2-13,21-22H,14H2,1H3. The largest absolute Gasteiger partial charge is 0.455 e. The summed E-state index contributed by atoms with van der Waals surface area (Å²) in [6, 6.07) is 21.9. The second-order valence-electron chi connectivity index (χ2n) is 5.86. The molecule has 0 spiro atoms. The van der Waals surface area contributed by atoms with Crippen molar-refractivity contribution in [2.75, 3.05) is 11.0 Å². The predicted molar refractivity (Wildman–Crippen MR) is 103 cm³/mol. The third-order valence-corrected chi connectivity index (χ3v) is 4.31. The number of aliphatic hydroxyl groups excluding tert-OH is 1. The smallest absolute Gasteiger partial charge is 0.229 e. The molecule has 6 heteroatoms. The first-order chi connectivity index (χ1) is 12.4. The monoisotopic (exact) mass is 369 g/mol. The number of para-hydroxylation sites is 1. The SMILES string of the molecule is CS(=O)(=O)Nc1ccc(-c2ccc(CO)cc2)cc1Oc1ccccc1. The van der Waals surface area contributed by atoms with E-state index >= 15 is 0 Å². The maximum absolute atomic E-state index is 11.6. The van der Waals surface area contributed by atoms with Crippen LogP contribution in [0.1, 0.15) is 5.56 Å². The average molecular weight is 369 g/mol. The lowest BCUT2D eigenvalue weighted by molar-refractivity contribution is 0.282. The summed E-state index contributed by atoms with van der Waals surface area (Å²) in [7, 11) is -3.44. The van der Waals surface area contributed by atoms with E-state index in [1.54, 1.807) is 24.3 Å². The van der Waals surface area contributed by atoms with Gasteiger partial charge in [0.25, 0.3) is 0 Å². The van der Waals surface area contributed by atoms with E-state index in [9.17, 15) is 8.42 Å². The van der Waals surface area contributed by atoms with Gasteiger partial charge in [0, 0.05) is 0 Å². The Morgan fingerprint density at radius 3 is 2.19 bits per heavy atom. The van der Waals surface area contributed by atoms with Crippen molar-refractivity contribution in [3.63, 3.8) is 0 Å². The summed E-state index contributed by atoms with van der Waals surface area (Å²) < 4.78 is 31.7. The van der Waals surface area contributed by atoms with Gasteiger partial charge in [-0.1, -0.05) is 48.5 Å². The molecular weight excluding hydrogens is 350 g/mol. The number of rotatable bonds is 6. The number of ether oxygens (including phenoxy) is 1. The van der Waals surface area contributed by atoms with Crippen molar-refractivity contribution >= 4 is 15.7 Å². The Bertz CT molecular complexity index is 984. The third-order valence-electron chi connectivity index (χ3n) is 3.72. The van der Waals surface area contributed by atoms with E-state index in [0.29, 0.717) is 17.2 Å². The van der Waals surface area contributed by atoms with Gasteiger partial charge in [-0.2, -0.15) is 0 Å². The van der Waals surface area contributed by atoms with Crippen LogP contribution in [0, 0.1) is 0 Å². The molecule has 26 heavy (non-hydrogen) atoms. The molecule has 0 aromatic heterocycles. The molecule has 134 valence electrons. The molecule has 0 unspecified atom stereocenters. The van der Waals surface area contributed by atoms with Crippen LogP contribution in [0.5, 0.6) is 11.5 Å². The summed E-state index contributed by atoms with van der Waals surface area (Å²) in [5.74, 6) is 1.02. The molecule has 0 saturated carbocycles. The van der Waals surface area contributed by atoms with Crippen molar-refractivity contribution < 1.29 is 18.3 Å². The van der Waals surface area contributed by atoms with Gasteiger partial charge in [-0.3, -0.25) is 4.72 Å². The number of hydrogen-bond donors (Lipinski definition) is 2. The number of hydrogen-bond acceptors (Lipinski definition) is 4. The van der Waals surface area contributed by atoms with Crippen LogP contribution in [0.25, 0.3) is 11.1 Å². The van der Waals surface area contributed by atoms with Gasteiger partial charge in [0.15, 0.2) is 5.75 Å². The van der Waals surface area contributed by atoms with E-state index in [2.05, 4.69) is 4.72 Å². The van der Waals surface area contributed by atoms with Gasteiger partial charge in [0.2, 0.25) is 10.0 Å². The van der Waals surface area contributed by atoms with Gasteiger partial charge in [-0.05, 0) is 41.0 Å². The normalized spacial score (nSPS) is 11.2. The van der Waals surface area contributed by atoms with E-state index in [1.807, 2.05) is 48.5 Å². The Morgan fingerprint density at radius 1 is 0.923 bits per heavy atom. The van der Waals surface area contributed by atoms with Crippen LogP contribution in [0.15, 0.2) is 72.8 Å². The summed E-state index contributed by atoms with van der Waals surface area (Å²) in [4.78, 5) is 0. The molecule has 0 bridgehead atoms. The number of benzene rings is 3. The minimum Gasteiger partial charge on any atom is -0.455 e. The summed E-state index contributed by atoms with van der Waals surface area (Å²) in [5, 5.41) is 9.17. The maximum Gasteiger partial charge on any atom is 0.229 e. The fourth-order valence-electron chi connectivity index (χ4n) is 2.49. The highest BCUT2D eigenvalue weighted by Gasteiger charge is 2.12. The van der Waals surface area contributed by atoms with Crippen molar-refractivity contribution in [1.82, 2.24) is 0 Å². The summed E-state index contributed by atoms with van der Waals surface area (Å²) >= 11 is 0. The van der Waals surface area contributed by atoms with Gasteiger partial charge in [0.05, 0.1) is 18.6 Å². The molecule has 0 fully saturated rings. The van der Waals surface area contributed by atoms with Crippen LogP contribution in [0.4, 0.5) is 5.69 Å². The molecular formula is C20H19NO4S. The minimum atomic E-state index is -3.44. The Balaban J connectivity index is 2.01. The van der Waals surface area contributed by atoms with E-state index in [-0.39, 0.29) is 6.61 Å². The predicted octanol–water partition coefficient (Wildman–Crippen LogP) is 4.01. The molecule has 0 aliphatic heterocycles. The van der Waals surface area contributed by atoms with Crippen LogP contribution in [-0.2, 0) is 16.6 Å². The van der Waals surface area contributed by atoms with Crippen LogP contribution in [0.3, 0.4) is 0 Å². The number of aliphatic hydroxyl groups is 1. The second-order valence-corrected chi connectivity index (χ2v) is 7.60. The highest BCUT2D eigenvalue weighted by molar-refractivity contribution is 7.92. The molecule has 0 radical (unpaired) electrons. The van der Waals surface area contributed by atoms with Gasteiger partial charge < -0.3 is 9.84 Å². The number of nitrogens with one attached hydrogen (secondary N) is 1. The van der Waals surface area contributed by atoms with Crippen molar-refractivity contribution in [2.24, 2.45) is 0 Å². The number of anilines is 1. The van der Waals surface area contributed by atoms with E-state index in [0.717, 1.165) is 22.9 Å². The fraction of sp³-hybridized carbons (Fsp3) is 0.100. The van der Waals surface area contributed by atoms with Gasteiger partial charge in [0.1, 0.15) is 5.75 Å². The maximum atomic E-state index is 11.6. The number of sulfonamides is 1. The Kier molecular flexibility index (Phi) is 5.25. The molecule has 3 aromatic carbocycles. The molecule has 0 amide bonds. The van der Waals surface area contributed by atoms with Crippen molar-refractivity contribution in [3.05, 3.63) is 78.4 Å². The van der Waals surface area contributed by atoms with Crippen molar-refractivity contribution in [2.45, 2.75) is 6.61 Å². The molecule has 5 nitrogen and oxygen atoms in total. The highest BCUT2D eigenvalue weighted by atomic mass is 32.2. The lowest BCUT2D eigenvalue weighted by Crippen LogP contribution is -2.10. The van der Waals surface area contributed by atoms with Crippen molar-refractivity contribution in [3.8, 4) is 22.6 Å². The lowest BCUT2D eigenvalue weighted by Gasteiger charge is -2.14. The first-order valence-corrected chi connectivity index (χ1v) is 9.89. The zero-order valence-corrected chi connectivity index (χ0v) is 15.0. The summed E-state index contributed by atoms with van der Waals surface area (Å²) in [5.41, 5.74) is 3.00. The van der Waals surface area contributed by atoms with Crippen LogP contribution >= 0.6 is 0 Å². The fourth-order valence-corrected chi connectivity index (χ4v) is 3.06. The molecule has 0 aliphatic carbocycles. The Morgan fingerprint density at radius 2 is 1.58 bits per heavy atom. The molecule has 0 aliphatic rings. The zero-order chi connectivity index (χ0) is 18.6. The van der Waals surface area contributed by atoms with Crippen LogP contribution in [-0.4, -0.2) is 19.8 Å².